The molecular formula is C15H9NO2. The summed E-state index contributed by atoms with van der Waals surface area (Å²) in [4.78, 5) is 11.1. The van der Waals surface area contributed by atoms with Crippen molar-refractivity contribution in [2.45, 2.75) is 6.42 Å². The number of nitrogens with zero attached hydrogens (tertiary/aromatic N) is 1. The van der Waals surface area contributed by atoms with Gasteiger partial charge in [-0.2, -0.15) is 5.26 Å². The van der Waals surface area contributed by atoms with Crippen LogP contribution in [-0.4, -0.2) is 11.1 Å². The molecule has 1 N–H and O–H groups in total. The number of carbonyl (C=O) groups is 1. The molecule has 0 radical (unpaired) electrons. The average Bonchev–Trinajstić information content (AvgIpc) is 2.75. The second kappa shape index (κ2) is 3.71. The summed E-state index contributed by atoms with van der Waals surface area (Å²) in [5, 5.41) is 18.3. The van der Waals surface area contributed by atoms with Gasteiger partial charge in [0.2, 0.25) is 0 Å². The number of rotatable bonds is 1. The molecule has 2 aromatic rings. The molecule has 0 atom stereocenters. The van der Waals surface area contributed by atoms with Gasteiger partial charge in [-0.25, -0.2) is 4.79 Å². The van der Waals surface area contributed by atoms with E-state index in [1.54, 1.807) is 6.07 Å². The number of fused-ring (bicyclic) bond motifs is 3. The van der Waals surface area contributed by atoms with Crippen molar-refractivity contribution in [3.05, 3.63) is 58.7 Å². The van der Waals surface area contributed by atoms with Crippen molar-refractivity contribution < 1.29 is 9.90 Å². The molecule has 0 aliphatic heterocycles. The van der Waals surface area contributed by atoms with Gasteiger partial charge in [0.25, 0.3) is 0 Å². The van der Waals surface area contributed by atoms with Crippen molar-refractivity contribution in [2.75, 3.05) is 0 Å². The molecule has 1 aliphatic rings. The van der Waals surface area contributed by atoms with E-state index in [2.05, 4.69) is 0 Å². The van der Waals surface area contributed by atoms with E-state index in [-0.39, 0.29) is 11.1 Å². The van der Waals surface area contributed by atoms with Gasteiger partial charge in [0, 0.05) is 0 Å². The summed E-state index contributed by atoms with van der Waals surface area (Å²) in [5.41, 5.74) is 4.43. The Morgan fingerprint density at radius 3 is 2.67 bits per heavy atom. The number of hydrogen-bond acceptors (Lipinski definition) is 2. The van der Waals surface area contributed by atoms with Crippen LogP contribution in [0.25, 0.3) is 11.1 Å². The number of hydrogen-bond donors (Lipinski definition) is 1. The molecule has 0 fully saturated rings. The lowest BCUT2D eigenvalue weighted by Crippen LogP contribution is -2.03. The molecule has 0 aromatic heterocycles. The summed E-state index contributed by atoms with van der Waals surface area (Å²) >= 11 is 0. The van der Waals surface area contributed by atoms with Gasteiger partial charge in [-0.1, -0.05) is 30.3 Å². The second-order valence-electron chi connectivity index (χ2n) is 4.27. The van der Waals surface area contributed by atoms with E-state index in [0.717, 1.165) is 22.3 Å². The number of aromatic carboxylic acids is 1. The third kappa shape index (κ3) is 1.33. The maximum atomic E-state index is 11.1. The fourth-order valence-corrected chi connectivity index (χ4v) is 2.52. The van der Waals surface area contributed by atoms with Crippen LogP contribution >= 0.6 is 0 Å². The van der Waals surface area contributed by atoms with Gasteiger partial charge in [-0.3, -0.25) is 0 Å². The van der Waals surface area contributed by atoms with Crippen LogP contribution in [0.4, 0.5) is 0 Å². The molecular weight excluding hydrogens is 226 g/mol. The third-order valence-corrected chi connectivity index (χ3v) is 3.33. The molecule has 0 saturated carbocycles. The van der Waals surface area contributed by atoms with Gasteiger partial charge in [-0.15, -0.1) is 0 Å². The van der Waals surface area contributed by atoms with Crippen LogP contribution in [0.1, 0.15) is 27.0 Å². The predicted octanol–water partition coefficient (Wildman–Crippen LogP) is 2.83. The van der Waals surface area contributed by atoms with Crippen molar-refractivity contribution in [1.82, 2.24) is 0 Å². The molecule has 18 heavy (non-hydrogen) atoms. The fourth-order valence-electron chi connectivity index (χ4n) is 2.52. The minimum absolute atomic E-state index is 0.0871. The van der Waals surface area contributed by atoms with Crippen molar-refractivity contribution in [2.24, 2.45) is 0 Å². The van der Waals surface area contributed by atoms with Crippen molar-refractivity contribution in [3.63, 3.8) is 0 Å². The highest BCUT2D eigenvalue weighted by Gasteiger charge is 2.24. The SMILES string of the molecule is N#Cc1c(C(=O)O)ccc2c1Cc1ccccc1-2. The first-order chi connectivity index (χ1) is 8.72. The number of carboxylic acids is 1. The zero-order valence-electron chi connectivity index (χ0n) is 9.47. The molecule has 2 aromatic carbocycles. The first kappa shape index (κ1) is 10.5. The molecule has 0 heterocycles. The number of carboxylic acid groups (broad SMARTS) is 1. The van der Waals surface area contributed by atoms with E-state index >= 15 is 0 Å². The minimum Gasteiger partial charge on any atom is -0.478 e. The highest BCUT2D eigenvalue weighted by molar-refractivity contribution is 5.94. The molecule has 1 aliphatic carbocycles. The van der Waals surface area contributed by atoms with E-state index in [0.29, 0.717) is 6.42 Å². The Morgan fingerprint density at radius 1 is 1.17 bits per heavy atom. The smallest absolute Gasteiger partial charge is 0.337 e. The first-order valence-electron chi connectivity index (χ1n) is 5.60. The Bertz CT molecular complexity index is 711. The van der Waals surface area contributed by atoms with Crippen LogP contribution in [0.15, 0.2) is 36.4 Å². The van der Waals surface area contributed by atoms with Crippen molar-refractivity contribution >= 4 is 5.97 Å². The van der Waals surface area contributed by atoms with Gasteiger partial charge < -0.3 is 5.11 Å². The van der Waals surface area contributed by atoms with Crippen LogP contribution in [0.2, 0.25) is 0 Å². The molecule has 3 nitrogen and oxygen atoms in total. The summed E-state index contributed by atoms with van der Waals surface area (Å²) < 4.78 is 0. The van der Waals surface area contributed by atoms with E-state index in [4.69, 9.17) is 5.11 Å². The van der Waals surface area contributed by atoms with Gasteiger partial charge in [0.15, 0.2) is 0 Å². The highest BCUT2D eigenvalue weighted by atomic mass is 16.4. The van der Waals surface area contributed by atoms with Crippen LogP contribution in [0, 0.1) is 11.3 Å². The summed E-state index contributed by atoms with van der Waals surface area (Å²) in [7, 11) is 0. The predicted molar refractivity (Wildman–Crippen MR) is 66.4 cm³/mol. The Morgan fingerprint density at radius 2 is 1.94 bits per heavy atom. The summed E-state index contributed by atoms with van der Waals surface area (Å²) in [6, 6.07) is 13.3. The molecule has 86 valence electrons. The summed E-state index contributed by atoms with van der Waals surface area (Å²) in [5.74, 6) is -1.05. The van der Waals surface area contributed by atoms with Crippen LogP contribution in [0.3, 0.4) is 0 Å². The molecule has 0 amide bonds. The largest absolute Gasteiger partial charge is 0.478 e. The zero-order valence-corrected chi connectivity index (χ0v) is 9.47. The molecule has 3 rings (SSSR count). The quantitative estimate of drug-likeness (QED) is 0.705. The number of nitriles is 1. The van der Waals surface area contributed by atoms with Gasteiger partial charge in [0.05, 0.1) is 11.1 Å². The molecule has 0 saturated heterocycles. The standard InChI is InChI=1S/C15H9NO2/c16-8-14-12(15(17)18)6-5-11-10-4-2-1-3-9(10)7-13(11)14/h1-6H,7H2,(H,17,18). The lowest BCUT2D eigenvalue weighted by atomic mass is 9.97. The molecule has 0 bridgehead atoms. The lowest BCUT2D eigenvalue weighted by Gasteiger charge is -2.05. The molecule has 0 unspecified atom stereocenters. The van der Waals surface area contributed by atoms with Gasteiger partial charge in [-0.05, 0) is 34.7 Å². The normalized spacial score (nSPS) is 11.5. The third-order valence-electron chi connectivity index (χ3n) is 3.33. The van der Waals surface area contributed by atoms with E-state index in [9.17, 15) is 10.1 Å². The Hall–Kier alpha value is -2.60. The topological polar surface area (TPSA) is 61.1 Å². The average molecular weight is 235 g/mol. The minimum atomic E-state index is -1.05. The lowest BCUT2D eigenvalue weighted by molar-refractivity contribution is 0.0696. The van der Waals surface area contributed by atoms with Crippen LogP contribution in [-0.2, 0) is 6.42 Å². The molecule has 3 heteroatoms. The summed E-state index contributed by atoms with van der Waals surface area (Å²) in [6.45, 7) is 0. The van der Waals surface area contributed by atoms with Crippen molar-refractivity contribution in [3.8, 4) is 17.2 Å². The van der Waals surface area contributed by atoms with E-state index in [1.807, 2.05) is 30.3 Å². The Labute approximate surface area is 104 Å². The van der Waals surface area contributed by atoms with Gasteiger partial charge >= 0.3 is 5.97 Å². The number of benzene rings is 2. The highest BCUT2D eigenvalue weighted by Crippen LogP contribution is 2.38. The van der Waals surface area contributed by atoms with E-state index < -0.39 is 5.97 Å². The monoisotopic (exact) mass is 235 g/mol. The fraction of sp³-hybridized carbons (Fsp3) is 0.0667. The second-order valence-corrected chi connectivity index (χ2v) is 4.27. The van der Waals surface area contributed by atoms with Crippen LogP contribution < -0.4 is 0 Å². The first-order valence-corrected chi connectivity index (χ1v) is 5.60. The Balaban J connectivity index is 2.30. The molecule has 0 spiro atoms. The van der Waals surface area contributed by atoms with Gasteiger partial charge in [0.1, 0.15) is 6.07 Å². The zero-order chi connectivity index (χ0) is 12.7. The Kier molecular flexibility index (Phi) is 2.17. The van der Waals surface area contributed by atoms with Crippen molar-refractivity contribution in [1.29, 1.82) is 5.26 Å². The summed E-state index contributed by atoms with van der Waals surface area (Å²) in [6.07, 6.45) is 0.634. The van der Waals surface area contributed by atoms with E-state index in [1.165, 1.54) is 6.07 Å². The maximum Gasteiger partial charge on any atom is 0.337 e. The van der Waals surface area contributed by atoms with Crippen LogP contribution in [0.5, 0.6) is 0 Å². The maximum absolute atomic E-state index is 11.1.